The van der Waals surface area contributed by atoms with Crippen molar-refractivity contribution in [3.63, 3.8) is 0 Å². The predicted octanol–water partition coefficient (Wildman–Crippen LogP) is 2.45. The van der Waals surface area contributed by atoms with Crippen molar-refractivity contribution in [3.05, 3.63) is 65.1 Å². The molecule has 0 spiro atoms. The summed E-state index contributed by atoms with van der Waals surface area (Å²) in [5.41, 5.74) is 2.17. The second-order valence-electron chi connectivity index (χ2n) is 4.53. The van der Waals surface area contributed by atoms with Gasteiger partial charge in [0, 0.05) is 16.8 Å². The normalized spacial score (nSPS) is 10.4. The topological polar surface area (TPSA) is 83.6 Å². The van der Waals surface area contributed by atoms with Gasteiger partial charge in [-0.05, 0) is 24.3 Å². The standard InChI is InChI=1S/C15H12ClN5O/c16-11-5-3-4-10(8-11)13-14(20-21-19-13)15(22)18-9-12-6-1-2-7-17-12/h1-8H,9H2,(H,18,22)(H,19,20,21). The molecule has 0 saturated carbocycles. The number of hydrogen-bond donors (Lipinski definition) is 2. The summed E-state index contributed by atoms with van der Waals surface area (Å²) in [5.74, 6) is -0.325. The largest absolute Gasteiger partial charge is 0.345 e. The van der Waals surface area contributed by atoms with E-state index in [1.54, 1.807) is 24.4 Å². The van der Waals surface area contributed by atoms with Crippen molar-refractivity contribution < 1.29 is 4.79 Å². The summed E-state index contributed by atoms with van der Waals surface area (Å²) in [6.45, 7) is 0.321. The van der Waals surface area contributed by atoms with Crippen molar-refractivity contribution >= 4 is 17.5 Å². The number of carbonyl (C=O) groups is 1. The highest BCUT2D eigenvalue weighted by atomic mass is 35.5. The maximum atomic E-state index is 12.3. The first-order valence-electron chi connectivity index (χ1n) is 6.59. The van der Waals surface area contributed by atoms with Crippen molar-refractivity contribution in [2.75, 3.05) is 0 Å². The number of halogens is 1. The Morgan fingerprint density at radius 1 is 1.18 bits per heavy atom. The summed E-state index contributed by atoms with van der Waals surface area (Å²) in [6.07, 6.45) is 1.68. The number of pyridine rings is 1. The molecule has 3 aromatic rings. The van der Waals surface area contributed by atoms with Crippen LogP contribution in [-0.4, -0.2) is 26.3 Å². The van der Waals surface area contributed by atoms with Gasteiger partial charge in [0.1, 0.15) is 5.69 Å². The van der Waals surface area contributed by atoms with Gasteiger partial charge in [0.2, 0.25) is 0 Å². The molecule has 0 radical (unpaired) electrons. The quantitative estimate of drug-likeness (QED) is 0.775. The number of nitrogens with one attached hydrogen (secondary N) is 2. The van der Waals surface area contributed by atoms with Crippen LogP contribution in [0.2, 0.25) is 5.02 Å². The van der Waals surface area contributed by atoms with E-state index in [1.807, 2.05) is 24.3 Å². The van der Waals surface area contributed by atoms with Gasteiger partial charge in [0.15, 0.2) is 5.69 Å². The smallest absolute Gasteiger partial charge is 0.274 e. The predicted molar refractivity (Wildman–Crippen MR) is 82.2 cm³/mol. The zero-order chi connectivity index (χ0) is 15.4. The van der Waals surface area contributed by atoms with E-state index in [0.717, 1.165) is 11.3 Å². The molecule has 0 atom stereocenters. The van der Waals surface area contributed by atoms with Crippen molar-refractivity contribution in [2.24, 2.45) is 0 Å². The van der Waals surface area contributed by atoms with Crippen molar-refractivity contribution in [2.45, 2.75) is 6.54 Å². The highest BCUT2D eigenvalue weighted by Gasteiger charge is 2.17. The minimum atomic E-state index is -0.325. The second-order valence-corrected chi connectivity index (χ2v) is 4.97. The van der Waals surface area contributed by atoms with Crippen LogP contribution in [0, 0.1) is 0 Å². The lowest BCUT2D eigenvalue weighted by Gasteiger charge is -2.04. The highest BCUT2D eigenvalue weighted by molar-refractivity contribution is 6.30. The third-order valence-corrected chi connectivity index (χ3v) is 3.25. The fraction of sp³-hybridized carbons (Fsp3) is 0.0667. The van der Waals surface area contributed by atoms with Gasteiger partial charge in [-0.15, -0.1) is 0 Å². The molecule has 0 aliphatic heterocycles. The lowest BCUT2D eigenvalue weighted by molar-refractivity contribution is 0.0946. The van der Waals surface area contributed by atoms with E-state index < -0.39 is 0 Å². The molecule has 7 heteroatoms. The molecular formula is C15H12ClN5O. The third kappa shape index (κ3) is 3.12. The molecule has 1 aromatic carbocycles. The van der Waals surface area contributed by atoms with E-state index in [2.05, 4.69) is 25.7 Å². The van der Waals surface area contributed by atoms with Gasteiger partial charge in [0.25, 0.3) is 5.91 Å². The number of nitrogens with zero attached hydrogens (tertiary/aromatic N) is 3. The van der Waals surface area contributed by atoms with Crippen LogP contribution in [-0.2, 0) is 6.54 Å². The minimum Gasteiger partial charge on any atom is -0.345 e. The van der Waals surface area contributed by atoms with Crippen LogP contribution in [0.4, 0.5) is 0 Å². The van der Waals surface area contributed by atoms with Crippen LogP contribution in [0.25, 0.3) is 11.3 Å². The monoisotopic (exact) mass is 313 g/mol. The Morgan fingerprint density at radius 2 is 2.09 bits per heavy atom. The first kappa shape index (κ1) is 14.2. The average molecular weight is 314 g/mol. The van der Waals surface area contributed by atoms with E-state index >= 15 is 0 Å². The average Bonchev–Trinajstić information content (AvgIpc) is 3.03. The van der Waals surface area contributed by atoms with Crippen molar-refractivity contribution in [1.29, 1.82) is 0 Å². The summed E-state index contributed by atoms with van der Waals surface area (Å²) < 4.78 is 0. The van der Waals surface area contributed by atoms with Crippen LogP contribution in [0.3, 0.4) is 0 Å². The molecule has 0 fully saturated rings. The Morgan fingerprint density at radius 3 is 2.86 bits per heavy atom. The molecule has 0 aliphatic rings. The van der Waals surface area contributed by atoms with Crippen LogP contribution >= 0.6 is 11.6 Å². The summed E-state index contributed by atoms with van der Waals surface area (Å²) >= 11 is 5.97. The molecule has 110 valence electrons. The number of amides is 1. The number of aromatic nitrogens is 4. The maximum absolute atomic E-state index is 12.3. The van der Waals surface area contributed by atoms with Gasteiger partial charge in [-0.2, -0.15) is 15.4 Å². The maximum Gasteiger partial charge on any atom is 0.274 e. The first-order valence-corrected chi connectivity index (χ1v) is 6.96. The fourth-order valence-corrected chi connectivity index (χ4v) is 2.17. The molecule has 0 bridgehead atoms. The summed E-state index contributed by atoms with van der Waals surface area (Å²) in [6, 6.07) is 12.6. The first-order chi connectivity index (χ1) is 10.7. The molecule has 0 saturated heterocycles. The van der Waals surface area contributed by atoms with E-state index in [4.69, 9.17) is 11.6 Å². The second kappa shape index (κ2) is 6.36. The Kier molecular flexibility index (Phi) is 4.11. The Hall–Kier alpha value is -2.73. The number of rotatable bonds is 4. The molecule has 22 heavy (non-hydrogen) atoms. The van der Waals surface area contributed by atoms with Gasteiger partial charge >= 0.3 is 0 Å². The van der Waals surface area contributed by atoms with Gasteiger partial charge in [-0.1, -0.05) is 29.8 Å². The SMILES string of the molecule is O=C(NCc1ccccn1)c1n[nH]nc1-c1cccc(Cl)c1. The molecular weight excluding hydrogens is 302 g/mol. The van der Waals surface area contributed by atoms with Gasteiger partial charge in [-0.3, -0.25) is 9.78 Å². The Bertz CT molecular complexity index is 787. The van der Waals surface area contributed by atoms with Crippen molar-refractivity contribution in [3.8, 4) is 11.3 Å². The molecule has 0 aliphatic carbocycles. The van der Waals surface area contributed by atoms with Crippen LogP contribution < -0.4 is 5.32 Å². The van der Waals surface area contributed by atoms with E-state index in [0.29, 0.717) is 17.3 Å². The molecule has 2 heterocycles. The van der Waals surface area contributed by atoms with Gasteiger partial charge in [-0.25, -0.2) is 0 Å². The fourth-order valence-electron chi connectivity index (χ4n) is 1.98. The molecule has 2 N–H and O–H groups in total. The van der Waals surface area contributed by atoms with Crippen LogP contribution in [0.15, 0.2) is 48.7 Å². The van der Waals surface area contributed by atoms with Crippen LogP contribution in [0.5, 0.6) is 0 Å². The Labute approximate surface area is 131 Å². The molecule has 2 aromatic heterocycles. The number of carbonyl (C=O) groups excluding carboxylic acids is 1. The molecule has 1 amide bonds. The van der Waals surface area contributed by atoms with Gasteiger partial charge in [0.05, 0.1) is 12.2 Å². The summed E-state index contributed by atoms with van der Waals surface area (Å²) in [7, 11) is 0. The van der Waals surface area contributed by atoms with Gasteiger partial charge < -0.3 is 5.32 Å². The van der Waals surface area contributed by atoms with E-state index in [1.165, 1.54) is 0 Å². The summed E-state index contributed by atoms with van der Waals surface area (Å²) in [4.78, 5) is 16.4. The summed E-state index contributed by atoms with van der Waals surface area (Å²) in [5, 5.41) is 13.8. The third-order valence-electron chi connectivity index (χ3n) is 3.02. The van der Waals surface area contributed by atoms with Crippen molar-refractivity contribution in [1.82, 2.24) is 25.7 Å². The molecule has 0 unspecified atom stereocenters. The number of hydrogen-bond acceptors (Lipinski definition) is 4. The van der Waals surface area contributed by atoms with Crippen LogP contribution in [0.1, 0.15) is 16.2 Å². The zero-order valence-electron chi connectivity index (χ0n) is 11.5. The lowest BCUT2D eigenvalue weighted by Crippen LogP contribution is -2.24. The number of H-pyrrole nitrogens is 1. The number of aromatic amines is 1. The lowest BCUT2D eigenvalue weighted by atomic mass is 10.1. The van der Waals surface area contributed by atoms with E-state index in [-0.39, 0.29) is 11.6 Å². The zero-order valence-corrected chi connectivity index (χ0v) is 12.2. The molecule has 6 nitrogen and oxygen atoms in total. The van der Waals surface area contributed by atoms with E-state index in [9.17, 15) is 4.79 Å². The molecule has 3 rings (SSSR count). The minimum absolute atomic E-state index is 0.221. The highest BCUT2D eigenvalue weighted by Crippen LogP contribution is 2.22. The Balaban J connectivity index is 1.78. The number of benzene rings is 1.